The average molecular weight is 347 g/mol. The first-order valence-corrected chi connectivity index (χ1v) is 6.20. The van der Waals surface area contributed by atoms with Crippen LogP contribution in [0.1, 0.15) is 0 Å². The number of hydrogen-bond acceptors (Lipinski definition) is 4. The summed E-state index contributed by atoms with van der Waals surface area (Å²) in [6.07, 6.45) is 3.00. The molecule has 0 saturated carbocycles. The van der Waals surface area contributed by atoms with E-state index in [9.17, 15) is 18.9 Å². The van der Waals surface area contributed by atoms with Crippen LogP contribution in [0.25, 0.3) is 0 Å². The van der Waals surface area contributed by atoms with Gasteiger partial charge in [0.2, 0.25) is 0 Å². The second kappa shape index (κ2) is 15.9. The Morgan fingerprint density at radius 2 is 1.23 bits per heavy atom. The van der Waals surface area contributed by atoms with Gasteiger partial charge in [-0.15, -0.1) is 13.2 Å². The van der Waals surface area contributed by atoms with E-state index < -0.39 is 16.1 Å². The van der Waals surface area contributed by atoms with Crippen LogP contribution in [-0.2, 0) is 9.13 Å². The van der Waals surface area contributed by atoms with Gasteiger partial charge in [-0.1, -0.05) is 12.2 Å². The number of allylic oxidation sites excluding steroid dienone is 2. The average Bonchev–Trinajstić information content (AvgIpc) is 1.87. The maximum absolute atomic E-state index is 9.60. The van der Waals surface area contributed by atoms with Crippen molar-refractivity contribution in [2.24, 2.45) is 0 Å². The largest absolute Gasteiger partial charge is 2.00 e. The third-order valence-electron chi connectivity index (χ3n) is 0.622. The molecule has 0 aliphatic heterocycles. The van der Waals surface area contributed by atoms with Gasteiger partial charge in [-0.05, 0) is 0 Å². The van der Waals surface area contributed by atoms with Crippen LogP contribution in [0.4, 0.5) is 0 Å². The molecule has 0 aliphatic carbocycles. The summed E-state index contributed by atoms with van der Waals surface area (Å²) in [6, 6.07) is 0. The van der Waals surface area contributed by atoms with Crippen LogP contribution in [0.15, 0.2) is 25.3 Å². The van der Waals surface area contributed by atoms with Crippen LogP contribution in [0.5, 0.6) is 0 Å². The first kappa shape index (κ1) is 19.9. The summed E-state index contributed by atoms with van der Waals surface area (Å²) in [5.74, 6) is 0. The van der Waals surface area contributed by atoms with Gasteiger partial charge in [0.25, 0.3) is 0 Å². The van der Waals surface area contributed by atoms with E-state index >= 15 is 0 Å². The van der Waals surface area contributed by atoms with Gasteiger partial charge >= 0.3 is 48.9 Å². The fourth-order valence-corrected chi connectivity index (χ4v) is 0.707. The summed E-state index contributed by atoms with van der Waals surface area (Å²) in [5, 5.41) is 0. The zero-order valence-electron chi connectivity index (χ0n) is 7.32. The maximum atomic E-state index is 9.60. The predicted molar refractivity (Wildman–Crippen MR) is 53.9 cm³/mol. The van der Waals surface area contributed by atoms with Gasteiger partial charge in [0.1, 0.15) is 0 Å². The molecule has 2 unspecified atom stereocenters. The molecule has 72 valence electrons. The van der Waals surface area contributed by atoms with Gasteiger partial charge in [-0.25, -0.2) is 0 Å². The van der Waals surface area contributed by atoms with Crippen LogP contribution in [0.2, 0.25) is 0 Å². The Morgan fingerprint density at radius 3 is 1.23 bits per heavy atom. The number of rotatable bonds is 4. The predicted octanol–water partition coefficient (Wildman–Crippen LogP) is -0.366. The maximum Gasteiger partial charge on any atom is 2.00 e. The molecule has 4 nitrogen and oxygen atoms in total. The molecule has 0 aromatic heterocycles. The zero-order chi connectivity index (χ0) is 9.98. The van der Waals surface area contributed by atoms with Gasteiger partial charge in [-0.3, -0.25) is 0 Å². The summed E-state index contributed by atoms with van der Waals surface area (Å²) >= 11 is 0. The third kappa shape index (κ3) is 31.8. The molecule has 0 aromatic rings. The first-order chi connectivity index (χ1) is 5.54. The van der Waals surface area contributed by atoms with Gasteiger partial charge in [-0.2, -0.15) is 0 Å². The molecule has 2 atom stereocenters. The van der Waals surface area contributed by atoms with Crippen molar-refractivity contribution in [3.63, 3.8) is 0 Å². The van der Waals surface area contributed by atoms with Crippen molar-refractivity contribution in [2.45, 2.75) is 0 Å². The molecular formula is C6H12BaO4P2. The molecule has 0 rings (SSSR count). The minimum Gasteiger partial charge on any atom is -0.801 e. The topological polar surface area (TPSA) is 80.3 Å². The second-order valence-corrected chi connectivity index (χ2v) is 4.03. The molecule has 13 heavy (non-hydrogen) atoms. The molecule has 0 spiro atoms. The van der Waals surface area contributed by atoms with Crippen LogP contribution in [0, 0.1) is 0 Å². The summed E-state index contributed by atoms with van der Waals surface area (Å²) < 4.78 is 19.2. The first-order valence-electron chi connectivity index (χ1n) is 3.16. The molecule has 0 aliphatic rings. The van der Waals surface area contributed by atoms with E-state index in [2.05, 4.69) is 13.2 Å². The fourth-order valence-electron chi connectivity index (χ4n) is 0.236. The van der Waals surface area contributed by atoms with E-state index in [4.69, 9.17) is 0 Å². The third-order valence-corrected chi connectivity index (χ3v) is 1.87. The van der Waals surface area contributed by atoms with Crippen molar-refractivity contribution >= 4 is 64.9 Å². The molecule has 0 aromatic carbocycles. The molecule has 0 bridgehead atoms. The van der Waals surface area contributed by atoms with E-state index in [0.29, 0.717) is 0 Å². The Morgan fingerprint density at radius 1 is 1.00 bits per heavy atom. The quantitative estimate of drug-likeness (QED) is 0.395. The van der Waals surface area contributed by atoms with Crippen molar-refractivity contribution in [3.05, 3.63) is 25.3 Å². The summed E-state index contributed by atoms with van der Waals surface area (Å²) in [6.45, 7) is 6.45. The Bertz CT molecular complexity index is 163. The Kier molecular flexibility index (Phi) is 24.3. The normalized spacial score (nSPS) is 12.5. The fraction of sp³-hybridized carbons (Fsp3) is 0.333. The van der Waals surface area contributed by atoms with E-state index in [0.717, 1.165) is 0 Å². The van der Waals surface area contributed by atoms with Crippen molar-refractivity contribution in [1.29, 1.82) is 0 Å². The molecular weight excluding hydrogens is 335 g/mol. The molecule has 7 heteroatoms. The van der Waals surface area contributed by atoms with Gasteiger partial charge in [0.15, 0.2) is 0 Å². The van der Waals surface area contributed by atoms with E-state index in [1.54, 1.807) is 0 Å². The Labute approximate surface area is 120 Å². The molecule has 0 amide bonds. The van der Waals surface area contributed by atoms with Gasteiger partial charge < -0.3 is 18.9 Å². The minimum absolute atomic E-state index is 0. The van der Waals surface area contributed by atoms with Crippen LogP contribution < -0.4 is 9.79 Å². The number of hydrogen-bond donors (Lipinski definition) is 0. The molecule has 0 fully saturated rings. The molecule has 0 heterocycles. The van der Waals surface area contributed by atoms with Crippen molar-refractivity contribution < 1.29 is 18.9 Å². The minimum atomic E-state index is -2.50. The van der Waals surface area contributed by atoms with Crippen molar-refractivity contribution in [3.8, 4) is 0 Å². The molecule has 0 N–H and O–H groups in total. The van der Waals surface area contributed by atoms with Crippen molar-refractivity contribution in [2.75, 3.05) is 12.3 Å². The van der Waals surface area contributed by atoms with E-state index in [1.807, 2.05) is 0 Å². The summed E-state index contributed by atoms with van der Waals surface area (Å²) in [4.78, 5) is 19.2. The monoisotopic (exact) mass is 348 g/mol. The zero-order valence-corrected chi connectivity index (χ0v) is 13.8. The summed E-state index contributed by atoms with van der Waals surface area (Å²) in [5.41, 5.74) is 0. The van der Waals surface area contributed by atoms with E-state index in [-0.39, 0.29) is 61.2 Å². The van der Waals surface area contributed by atoms with Gasteiger partial charge in [0.05, 0.1) is 0 Å². The van der Waals surface area contributed by atoms with Crippen LogP contribution in [0.3, 0.4) is 0 Å². The smallest absolute Gasteiger partial charge is 0.801 e. The Balaban J connectivity index is -0.000000143. The van der Waals surface area contributed by atoms with E-state index in [1.165, 1.54) is 12.2 Å². The molecule has 0 radical (unpaired) electrons. The molecule has 0 saturated heterocycles. The Hall–Kier alpha value is 1.43. The SMILES string of the molecule is C=CC[PH](=O)[O-].C=CC[PH](=O)[O-].[Ba+2]. The van der Waals surface area contributed by atoms with Crippen LogP contribution in [-0.4, -0.2) is 61.2 Å². The summed E-state index contributed by atoms with van der Waals surface area (Å²) in [7, 11) is -5.01. The van der Waals surface area contributed by atoms with Crippen LogP contribution >= 0.6 is 16.1 Å². The van der Waals surface area contributed by atoms with Crippen molar-refractivity contribution in [1.82, 2.24) is 0 Å². The second-order valence-electron chi connectivity index (χ2n) is 1.73. The van der Waals surface area contributed by atoms with Gasteiger partial charge in [0, 0.05) is 28.4 Å². The standard InChI is InChI=1S/2C3H7O2P.Ba/c2*1-2-3-6(4)5;/h2*2,6H,1,3H2,(H,4,5);/q;;+2/p-2.